The monoisotopic (exact) mass is 689 g/mol. The number of halogens is 4. The summed E-state index contributed by atoms with van der Waals surface area (Å²) in [6.45, 7) is 12.5. The highest BCUT2D eigenvalue weighted by Crippen LogP contribution is 2.45. The van der Waals surface area contributed by atoms with Crippen LogP contribution in [-0.4, -0.2) is 96.4 Å². The van der Waals surface area contributed by atoms with Gasteiger partial charge in [0.1, 0.15) is 29.6 Å². The quantitative estimate of drug-likeness (QED) is 0.307. The predicted molar refractivity (Wildman–Crippen MR) is 168 cm³/mol. The van der Waals surface area contributed by atoms with Gasteiger partial charge in [0.05, 0.1) is 9.50 Å². The SMILES string of the molecule is C.CCN1CCC(Oc2nc(N3CCC4(CC3)CN(C(=O)OC(C)(C)C)C4)c3cc(Cl)c(Br)c(OCC(F)F)c3n2)CC1. The molecule has 0 atom stereocenters. The molecule has 1 spiro atoms. The fraction of sp³-hybridized carbons (Fsp3) is 0.700. The number of benzene rings is 1. The number of piperidine rings is 2. The highest BCUT2D eigenvalue weighted by atomic mass is 79.9. The lowest BCUT2D eigenvalue weighted by molar-refractivity contribution is -0.0434. The minimum Gasteiger partial charge on any atom is -0.484 e. The zero-order chi connectivity index (χ0) is 30.2. The molecule has 43 heavy (non-hydrogen) atoms. The Morgan fingerprint density at radius 1 is 1.16 bits per heavy atom. The van der Waals surface area contributed by atoms with Crippen molar-refractivity contribution in [3.8, 4) is 11.8 Å². The number of carbonyl (C=O) groups is 1. The minimum absolute atomic E-state index is 0. The van der Waals surface area contributed by atoms with Crippen LogP contribution in [0.2, 0.25) is 5.02 Å². The van der Waals surface area contributed by atoms with Crippen LogP contribution in [0.4, 0.5) is 19.4 Å². The van der Waals surface area contributed by atoms with E-state index in [1.165, 1.54) is 0 Å². The Morgan fingerprint density at radius 2 is 1.81 bits per heavy atom. The summed E-state index contributed by atoms with van der Waals surface area (Å²) >= 11 is 9.95. The van der Waals surface area contributed by atoms with Gasteiger partial charge in [-0.1, -0.05) is 26.0 Å². The molecule has 3 saturated heterocycles. The average Bonchev–Trinajstić information content (AvgIpc) is 2.91. The maximum absolute atomic E-state index is 13.2. The first kappa shape index (κ1) is 33.7. The van der Waals surface area contributed by atoms with Gasteiger partial charge in [0.2, 0.25) is 0 Å². The number of ether oxygens (including phenoxy) is 3. The van der Waals surface area contributed by atoms with Crippen LogP contribution in [0, 0.1) is 5.41 Å². The van der Waals surface area contributed by atoms with Crippen molar-refractivity contribution >= 4 is 50.3 Å². The van der Waals surface area contributed by atoms with Crippen LogP contribution in [0.25, 0.3) is 10.9 Å². The third-order valence-corrected chi connectivity index (χ3v) is 9.55. The summed E-state index contributed by atoms with van der Waals surface area (Å²) in [6.07, 6.45) is 0.449. The molecule has 0 radical (unpaired) electrons. The molecule has 0 aliphatic carbocycles. The van der Waals surface area contributed by atoms with Gasteiger partial charge in [-0.25, -0.2) is 13.6 Å². The van der Waals surface area contributed by atoms with Crippen LogP contribution in [0.3, 0.4) is 0 Å². The van der Waals surface area contributed by atoms with Crippen molar-refractivity contribution < 1.29 is 27.8 Å². The number of alkyl halides is 2. The van der Waals surface area contributed by atoms with Gasteiger partial charge in [-0.15, -0.1) is 0 Å². The second kappa shape index (κ2) is 13.4. The third kappa shape index (κ3) is 7.73. The molecule has 0 bridgehead atoms. The number of likely N-dealkylation sites (tertiary alicyclic amines) is 2. The molecule has 0 unspecified atom stereocenters. The van der Waals surface area contributed by atoms with Crippen LogP contribution < -0.4 is 14.4 Å². The first-order valence-electron chi connectivity index (χ1n) is 14.6. The molecular formula is C30H43BrClF2N5O4. The number of carbonyl (C=O) groups excluding carboxylic acids is 1. The van der Waals surface area contributed by atoms with Gasteiger partial charge in [-0.3, -0.25) is 0 Å². The predicted octanol–water partition coefficient (Wildman–Crippen LogP) is 7.03. The second-order valence-corrected chi connectivity index (χ2v) is 13.7. The Balaban J connectivity index is 0.00000423. The molecule has 0 saturated carbocycles. The Kier molecular flexibility index (Phi) is 10.5. The van der Waals surface area contributed by atoms with Gasteiger partial charge in [-0.2, -0.15) is 9.97 Å². The molecule has 3 aliphatic heterocycles. The van der Waals surface area contributed by atoms with Crippen molar-refractivity contribution in [1.29, 1.82) is 0 Å². The average molecular weight is 691 g/mol. The van der Waals surface area contributed by atoms with Gasteiger partial charge in [0.25, 0.3) is 6.43 Å². The van der Waals surface area contributed by atoms with E-state index in [9.17, 15) is 13.6 Å². The van der Waals surface area contributed by atoms with Crippen LogP contribution in [0.5, 0.6) is 11.8 Å². The fourth-order valence-corrected chi connectivity index (χ4v) is 6.55. The third-order valence-electron chi connectivity index (χ3n) is 8.24. The number of nitrogens with zero attached hydrogens (tertiary/aromatic N) is 5. The Bertz CT molecular complexity index is 1290. The molecule has 13 heteroatoms. The van der Waals surface area contributed by atoms with E-state index < -0.39 is 18.6 Å². The Labute approximate surface area is 266 Å². The van der Waals surface area contributed by atoms with Gasteiger partial charge in [-0.05, 0) is 75.0 Å². The number of fused-ring (bicyclic) bond motifs is 1. The number of rotatable bonds is 7. The standard InChI is InChI=1S/C29H39BrClF2N5O4.CH4/c1-5-36-10-6-18(7-11-36)41-26-34-23-19(14-20(31)22(30)24(23)40-15-21(32)33)25(35-26)37-12-8-29(9-13-37)16-38(17-29)27(39)42-28(2,3)4;/h14,18,21H,5-13,15-17H2,1-4H3;1H4. The number of aromatic nitrogens is 2. The molecule has 1 aromatic carbocycles. The lowest BCUT2D eigenvalue weighted by Crippen LogP contribution is -2.62. The molecule has 9 nitrogen and oxygen atoms in total. The normalized spacial score (nSPS) is 19.4. The van der Waals surface area contributed by atoms with E-state index in [0.29, 0.717) is 52.4 Å². The minimum atomic E-state index is -2.66. The van der Waals surface area contributed by atoms with E-state index >= 15 is 0 Å². The molecule has 2 aromatic rings. The Morgan fingerprint density at radius 3 is 2.40 bits per heavy atom. The van der Waals surface area contributed by atoms with Crippen molar-refractivity contribution in [2.45, 2.75) is 78.9 Å². The van der Waals surface area contributed by atoms with Crippen molar-refractivity contribution in [3.63, 3.8) is 0 Å². The van der Waals surface area contributed by atoms with E-state index in [0.717, 1.165) is 45.3 Å². The number of amides is 1. The molecule has 1 amide bonds. The van der Waals surface area contributed by atoms with E-state index in [-0.39, 0.29) is 36.8 Å². The molecule has 5 rings (SSSR count). The van der Waals surface area contributed by atoms with Gasteiger partial charge < -0.3 is 28.9 Å². The molecule has 0 N–H and O–H groups in total. The number of hydrogen-bond acceptors (Lipinski definition) is 8. The molecular weight excluding hydrogens is 648 g/mol. The lowest BCUT2D eigenvalue weighted by Gasteiger charge is -2.53. The van der Waals surface area contributed by atoms with Crippen LogP contribution in [0.1, 0.15) is 60.8 Å². The highest BCUT2D eigenvalue weighted by molar-refractivity contribution is 9.10. The van der Waals surface area contributed by atoms with Crippen LogP contribution >= 0.6 is 27.5 Å². The summed E-state index contributed by atoms with van der Waals surface area (Å²) < 4.78 is 44.1. The maximum Gasteiger partial charge on any atom is 0.410 e. The van der Waals surface area contributed by atoms with Crippen molar-refractivity contribution in [3.05, 3.63) is 15.6 Å². The topological polar surface area (TPSA) is 80.3 Å². The summed E-state index contributed by atoms with van der Waals surface area (Å²) in [4.78, 5) is 28.3. The zero-order valence-electron chi connectivity index (χ0n) is 24.6. The number of anilines is 1. The van der Waals surface area contributed by atoms with Gasteiger partial charge in [0, 0.05) is 50.1 Å². The summed E-state index contributed by atoms with van der Waals surface area (Å²) in [6, 6.07) is 1.94. The first-order chi connectivity index (χ1) is 19.9. The molecule has 3 aliphatic rings. The van der Waals surface area contributed by atoms with Gasteiger partial charge in [0.15, 0.2) is 5.75 Å². The highest BCUT2D eigenvalue weighted by Gasteiger charge is 2.48. The maximum atomic E-state index is 13.2. The molecule has 240 valence electrons. The van der Waals surface area contributed by atoms with E-state index in [1.807, 2.05) is 20.8 Å². The summed E-state index contributed by atoms with van der Waals surface area (Å²) in [5.74, 6) is 0.781. The van der Waals surface area contributed by atoms with Crippen molar-refractivity contribution in [2.24, 2.45) is 5.41 Å². The molecule has 4 heterocycles. The van der Waals surface area contributed by atoms with Crippen molar-refractivity contribution in [2.75, 3.05) is 57.3 Å². The Hall–Kier alpha value is -2.18. The van der Waals surface area contributed by atoms with Crippen LogP contribution in [-0.2, 0) is 4.74 Å². The zero-order valence-corrected chi connectivity index (χ0v) is 26.9. The smallest absolute Gasteiger partial charge is 0.410 e. The lowest BCUT2D eigenvalue weighted by atomic mass is 9.72. The number of hydrogen-bond donors (Lipinski definition) is 0. The van der Waals surface area contributed by atoms with Crippen molar-refractivity contribution in [1.82, 2.24) is 19.8 Å². The van der Waals surface area contributed by atoms with E-state index in [4.69, 9.17) is 30.8 Å². The molecule has 3 fully saturated rings. The summed E-state index contributed by atoms with van der Waals surface area (Å²) in [7, 11) is 0. The molecule has 1 aromatic heterocycles. The first-order valence-corrected chi connectivity index (χ1v) is 15.8. The van der Waals surface area contributed by atoms with Crippen LogP contribution in [0.15, 0.2) is 10.5 Å². The largest absolute Gasteiger partial charge is 0.484 e. The van der Waals surface area contributed by atoms with E-state index in [1.54, 1.807) is 11.0 Å². The summed E-state index contributed by atoms with van der Waals surface area (Å²) in [5, 5.41) is 0.929. The van der Waals surface area contributed by atoms with Gasteiger partial charge >= 0.3 is 12.1 Å². The van der Waals surface area contributed by atoms with E-state index in [2.05, 4.69) is 37.6 Å². The fourth-order valence-electron chi connectivity index (χ4n) is 5.94. The second-order valence-electron chi connectivity index (χ2n) is 12.5. The summed E-state index contributed by atoms with van der Waals surface area (Å²) in [5.41, 5.74) is -0.120.